The van der Waals surface area contributed by atoms with Crippen LogP contribution < -0.4 is 4.90 Å². The van der Waals surface area contributed by atoms with Gasteiger partial charge in [0.25, 0.3) is 0 Å². The normalized spacial score (nSPS) is 19.4. The lowest BCUT2D eigenvalue weighted by Gasteiger charge is -2.41. The van der Waals surface area contributed by atoms with Gasteiger partial charge in [0.15, 0.2) is 0 Å². The number of thiophene rings is 1. The third kappa shape index (κ3) is 3.49. The number of ether oxygens (including phenoxy) is 1. The van der Waals surface area contributed by atoms with Crippen molar-refractivity contribution in [2.75, 3.05) is 30.3 Å². The SMILES string of the molecule is CCOC(=O)c1sc2nc(C)nc(N3CCS(=O)C(CC)(CC)C3)c2c1C. The van der Waals surface area contributed by atoms with Gasteiger partial charge in [-0.2, -0.15) is 0 Å². The van der Waals surface area contributed by atoms with Gasteiger partial charge in [-0.1, -0.05) is 13.8 Å². The van der Waals surface area contributed by atoms with Gasteiger partial charge in [0.05, 0.1) is 16.7 Å². The molecular formula is C19H27N3O3S2. The van der Waals surface area contributed by atoms with Crippen LogP contribution in [0.4, 0.5) is 5.82 Å². The average molecular weight is 410 g/mol. The van der Waals surface area contributed by atoms with Crippen molar-refractivity contribution in [1.82, 2.24) is 9.97 Å². The smallest absolute Gasteiger partial charge is 0.348 e. The van der Waals surface area contributed by atoms with Crippen LogP contribution in [0.3, 0.4) is 0 Å². The monoisotopic (exact) mass is 409 g/mol. The molecule has 3 rings (SSSR count). The summed E-state index contributed by atoms with van der Waals surface area (Å²) in [6, 6.07) is 0. The number of fused-ring (bicyclic) bond motifs is 1. The molecule has 3 heterocycles. The van der Waals surface area contributed by atoms with E-state index in [9.17, 15) is 9.00 Å². The van der Waals surface area contributed by atoms with Gasteiger partial charge in [0.2, 0.25) is 0 Å². The maximum Gasteiger partial charge on any atom is 0.348 e. The second kappa shape index (κ2) is 7.83. The Morgan fingerprint density at radius 1 is 1.26 bits per heavy atom. The molecule has 0 aromatic carbocycles. The Hall–Kier alpha value is -1.54. The number of anilines is 1. The molecular weight excluding hydrogens is 382 g/mol. The van der Waals surface area contributed by atoms with E-state index in [1.165, 1.54) is 11.3 Å². The van der Waals surface area contributed by atoms with Gasteiger partial charge >= 0.3 is 5.97 Å². The number of aryl methyl sites for hydroxylation is 2. The quantitative estimate of drug-likeness (QED) is 0.703. The summed E-state index contributed by atoms with van der Waals surface area (Å²) in [6.07, 6.45) is 1.74. The second-order valence-corrected chi connectivity index (χ2v) is 9.88. The molecule has 0 aliphatic carbocycles. The largest absolute Gasteiger partial charge is 0.462 e. The van der Waals surface area contributed by atoms with Crippen LogP contribution in [0.1, 0.15) is 54.7 Å². The third-order valence-electron chi connectivity index (χ3n) is 5.44. The number of nitrogens with zero attached hydrogens (tertiary/aromatic N) is 3. The van der Waals surface area contributed by atoms with Crippen molar-refractivity contribution in [2.45, 2.75) is 52.2 Å². The van der Waals surface area contributed by atoms with Crippen molar-refractivity contribution in [3.8, 4) is 0 Å². The first-order chi connectivity index (χ1) is 12.9. The Bertz CT molecular complexity index is 890. The van der Waals surface area contributed by atoms with Gasteiger partial charge in [-0.15, -0.1) is 11.3 Å². The lowest BCUT2D eigenvalue weighted by molar-refractivity contribution is 0.0531. The lowest BCUT2D eigenvalue weighted by Crippen LogP contribution is -2.53. The number of hydrogen-bond donors (Lipinski definition) is 0. The molecule has 0 saturated carbocycles. The van der Waals surface area contributed by atoms with Gasteiger partial charge in [0, 0.05) is 29.6 Å². The van der Waals surface area contributed by atoms with Crippen LogP contribution in [-0.4, -0.2) is 50.3 Å². The van der Waals surface area contributed by atoms with Crippen LogP contribution in [-0.2, 0) is 15.5 Å². The molecule has 0 spiro atoms. The van der Waals surface area contributed by atoms with Gasteiger partial charge in [-0.3, -0.25) is 4.21 Å². The third-order valence-corrected chi connectivity index (χ3v) is 8.83. The molecule has 2 aromatic heterocycles. The van der Waals surface area contributed by atoms with E-state index in [0.717, 1.165) is 34.4 Å². The highest BCUT2D eigenvalue weighted by Crippen LogP contribution is 2.38. The Kier molecular flexibility index (Phi) is 5.86. The zero-order valence-electron chi connectivity index (χ0n) is 16.6. The Morgan fingerprint density at radius 2 is 1.96 bits per heavy atom. The van der Waals surface area contributed by atoms with Crippen molar-refractivity contribution >= 4 is 44.1 Å². The van der Waals surface area contributed by atoms with E-state index < -0.39 is 10.8 Å². The number of rotatable bonds is 5. The molecule has 1 fully saturated rings. The van der Waals surface area contributed by atoms with E-state index in [1.807, 2.05) is 13.8 Å². The van der Waals surface area contributed by atoms with Crippen LogP contribution in [0, 0.1) is 13.8 Å². The Labute approximate surface area is 166 Å². The molecule has 8 heteroatoms. The topological polar surface area (TPSA) is 72.4 Å². The summed E-state index contributed by atoms with van der Waals surface area (Å²) in [4.78, 5) is 25.3. The maximum absolute atomic E-state index is 12.7. The number of aromatic nitrogens is 2. The fourth-order valence-electron chi connectivity index (χ4n) is 3.73. The molecule has 1 atom stereocenters. The van der Waals surface area contributed by atoms with E-state index >= 15 is 0 Å². The summed E-state index contributed by atoms with van der Waals surface area (Å²) in [5.74, 6) is 1.86. The summed E-state index contributed by atoms with van der Waals surface area (Å²) in [6.45, 7) is 11.6. The number of esters is 1. The predicted molar refractivity (Wildman–Crippen MR) is 111 cm³/mol. The number of carbonyl (C=O) groups is 1. The van der Waals surface area contributed by atoms with Crippen molar-refractivity contribution in [3.63, 3.8) is 0 Å². The summed E-state index contributed by atoms with van der Waals surface area (Å²) in [7, 11) is -0.837. The summed E-state index contributed by atoms with van der Waals surface area (Å²) >= 11 is 1.36. The van der Waals surface area contributed by atoms with Gasteiger partial charge < -0.3 is 9.64 Å². The van der Waals surface area contributed by atoms with Crippen molar-refractivity contribution in [3.05, 3.63) is 16.3 Å². The number of carbonyl (C=O) groups excluding carboxylic acids is 1. The average Bonchev–Trinajstić information content (AvgIpc) is 2.98. The minimum Gasteiger partial charge on any atom is -0.462 e. The van der Waals surface area contributed by atoms with E-state index in [2.05, 4.69) is 23.7 Å². The molecule has 6 nitrogen and oxygen atoms in total. The molecule has 0 bridgehead atoms. The summed E-state index contributed by atoms with van der Waals surface area (Å²) in [5, 5.41) is 0.919. The van der Waals surface area contributed by atoms with Crippen molar-refractivity contribution in [2.24, 2.45) is 0 Å². The maximum atomic E-state index is 12.7. The zero-order valence-corrected chi connectivity index (χ0v) is 18.3. The lowest BCUT2D eigenvalue weighted by atomic mass is 10.0. The van der Waals surface area contributed by atoms with Crippen LogP contribution in [0.25, 0.3) is 10.2 Å². The van der Waals surface area contributed by atoms with Crippen molar-refractivity contribution < 1.29 is 13.7 Å². The minimum atomic E-state index is -0.837. The van der Waals surface area contributed by atoms with Crippen molar-refractivity contribution in [1.29, 1.82) is 0 Å². The molecule has 148 valence electrons. The van der Waals surface area contributed by atoms with E-state index in [1.54, 1.807) is 6.92 Å². The zero-order chi connectivity index (χ0) is 19.8. The van der Waals surface area contributed by atoms with Crippen LogP contribution in [0.5, 0.6) is 0 Å². The predicted octanol–water partition coefficient (Wildman–Crippen LogP) is 3.61. The highest BCUT2D eigenvalue weighted by molar-refractivity contribution is 7.86. The van der Waals surface area contributed by atoms with Gasteiger partial charge in [0.1, 0.15) is 21.3 Å². The fraction of sp³-hybridized carbons (Fsp3) is 0.632. The first-order valence-corrected chi connectivity index (χ1v) is 11.6. The van der Waals surface area contributed by atoms with E-state index in [4.69, 9.17) is 9.72 Å². The van der Waals surface area contributed by atoms with Crippen LogP contribution in [0.2, 0.25) is 0 Å². The molecule has 1 aliphatic heterocycles. The summed E-state index contributed by atoms with van der Waals surface area (Å²) in [5.41, 5.74) is 0.869. The molecule has 1 unspecified atom stereocenters. The minimum absolute atomic E-state index is 0.211. The molecule has 27 heavy (non-hydrogen) atoms. The first kappa shape index (κ1) is 20.2. The van der Waals surface area contributed by atoms with E-state index in [0.29, 0.717) is 36.2 Å². The Balaban J connectivity index is 2.11. The first-order valence-electron chi connectivity index (χ1n) is 9.45. The van der Waals surface area contributed by atoms with E-state index in [-0.39, 0.29) is 10.7 Å². The fourth-order valence-corrected chi connectivity index (χ4v) is 6.60. The molecule has 2 aromatic rings. The van der Waals surface area contributed by atoms with Crippen LogP contribution >= 0.6 is 11.3 Å². The summed E-state index contributed by atoms with van der Waals surface area (Å²) < 4.78 is 17.7. The Morgan fingerprint density at radius 3 is 2.59 bits per heavy atom. The van der Waals surface area contributed by atoms with Gasteiger partial charge in [-0.05, 0) is 39.2 Å². The highest BCUT2D eigenvalue weighted by atomic mass is 32.2. The molecule has 1 aliphatic rings. The van der Waals surface area contributed by atoms with Gasteiger partial charge in [-0.25, -0.2) is 14.8 Å². The molecule has 1 saturated heterocycles. The standard InChI is InChI=1S/C19H27N3O3S2/c1-6-19(7-2)11-22(9-10-27(19)24)16-14-12(4)15(18(23)25-8-3)26-17(14)21-13(5)20-16/h6-11H2,1-5H3. The molecule has 0 N–H and O–H groups in total. The second-order valence-electron chi connectivity index (χ2n) is 6.91. The number of hydrogen-bond acceptors (Lipinski definition) is 7. The highest BCUT2D eigenvalue weighted by Gasteiger charge is 2.40. The van der Waals surface area contributed by atoms with Crippen LogP contribution in [0.15, 0.2) is 0 Å². The molecule has 0 amide bonds. The molecule has 0 radical (unpaired) electrons.